The van der Waals surface area contributed by atoms with Gasteiger partial charge in [-0.2, -0.15) is 0 Å². The lowest BCUT2D eigenvalue weighted by molar-refractivity contribution is 0.0977. The van der Waals surface area contributed by atoms with E-state index in [2.05, 4.69) is 22.1 Å². The molecule has 1 aromatic heterocycles. The predicted molar refractivity (Wildman–Crippen MR) is 69.9 cm³/mol. The van der Waals surface area contributed by atoms with Gasteiger partial charge in [0.05, 0.1) is 5.69 Å². The van der Waals surface area contributed by atoms with Crippen molar-refractivity contribution >= 4 is 12.4 Å². The number of aryl methyl sites for hydroxylation is 1. The fraction of sp³-hybridized carbons (Fsp3) is 0.818. The van der Waals surface area contributed by atoms with E-state index in [1.807, 2.05) is 13.2 Å². The molecule has 1 saturated heterocycles. The van der Waals surface area contributed by atoms with Crippen molar-refractivity contribution in [2.75, 3.05) is 13.1 Å². The van der Waals surface area contributed by atoms with Gasteiger partial charge in [0.1, 0.15) is 0 Å². The van der Waals surface area contributed by atoms with Crippen LogP contribution in [0.1, 0.15) is 25.5 Å². The monoisotopic (exact) mass is 259 g/mol. The maximum Gasteiger partial charge on any atom is 0.0967 e. The first-order valence-electron chi connectivity index (χ1n) is 6.00. The molecule has 17 heavy (non-hydrogen) atoms. The highest BCUT2D eigenvalue weighted by Crippen LogP contribution is 2.23. The Morgan fingerprint density at radius 3 is 2.88 bits per heavy atom. The summed E-state index contributed by atoms with van der Waals surface area (Å²) in [6.07, 6.45) is 4.53. The third-order valence-electron chi connectivity index (χ3n) is 3.49. The normalized spacial score (nSPS) is 25.6. The van der Waals surface area contributed by atoms with Crippen molar-refractivity contribution in [2.45, 2.75) is 32.4 Å². The van der Waals surface area contributed by atoms with Crippen LogP contribution >= 0.6 is 12.4 Å². The van der Waals surface area contributed by atoms with Crippen molar-refractivity contribution in [2.24, 2.45) is 18.7 Å². The number of rotatable bonds is 3. The summed E-state index contributed by atoms with van der Waals surface area (Å²) < 4.78 is 1.75. The molecule has 2 N–H and O–H groups in total. The Kier molecular flexibility index (Phi) is 5.36. The molecule has 0 aliphatic carbocycles. The first kappa shape index (κ1) is 14.4. The first-order valence-corrected chi connectivity index (χ1v) is 6.00. The van der Waals surface area contributed by atoms with Gasteiger partial charge >= 0.3 is 0 Å². The summed E-state index contributed by atoms with van der Waals surface area (Å²) in [5.74, 6) is 0.690. The largest absolute Gasteiger partial charge is 0.329 e. The molecular formula is C11H22ClN5. The van der Waals surface area contributed by atoms with Crippen LogP contribution < -0.4 is 5.73 Å². The van der Waals surface area contributed by atoms with Crippen molar-refractivity contribution in [1.82, 2.24) is 19.9 Å². The SMILES string of the molecule is CC1CCCN(Cc2cn(C)nn2)C1CN.Cl. The van der Waals surface area contributed by atoms with Crippen LogP contribution in [0.3, 0.4) is 0 Å². The van der Waals surface area contributed by atoms with Crippen molar-refractivity contribution in [3.8, 4) is 0 Å². The molecule has 0 spiro atoms. The number of halogens is 1. The summed E-state index contributed by atoms with van der Waals surface area (Å²) >= 11 is 0. The van der Waals surface area contributed by atoms with Gasteiger partial charge in [-0.15, -0.1) is 17.5 Å². The Morgan fingerprint density at radius 1 is 1.53 bits per heavy atom. The molecular weight excluding hydrogens is 238 g/mol. The van der Waals surface area contributed by atoms with E-state index in [0.29, 0.717) is 12.0 Å². The third-order valence-corrected chi connectivity index (χ3v) is 3.49. The number of hydrogen-bond donors (Lipinski definition) is 1. The minimum Gasteiger partial charge on any atom is -0.329 e. The Hall–Kier alpha value is -0.650. The highest BCUT2D eigenvalue weighted by Gasteiger charge is 2.27. The molecule has 1 aliphatic rings. The van der Waals surface area contributed by atoms with Crippen LogP contribution in [0.5, 0.6) is 0 Å². The van der Waals surface area contributed by atoms with Crippen molar-refractivity contribution < 1.29 is 0 Å². The van der Waals surface area contributed by atoms with Gasteiger partial charge in [-0.05, 0) is 25.3 Å². The number of aromatic nitrogens is 3. The molecule has 0 amide bonds. The van der Waals surface area contributed by atoms with Crippen LogP contribution in [0, 0.1) is 5.92 Å². The maximum absolute atomic E-state index is 5.86. The topological polar surface area (TPSA) is 60.0 Å². The van der Waals surface area contributed by atoms with Gasteiger partial charge in [-0.1, -0.05) is 12.1 Å². The second-order valence-corrected chi connectivity index (χ2v) is 4.78. The van der Waals surface area contributed by atoms with Gasteiger partial charge < -0.3 is 5.73 Å². The molecule has 1 aromatic rings. The van der Waals surface area contributed by atoms with Crippen molar-refractivity contribution in [1.29, 1.82) is 0 Å². The molecule has 6 heteroatoms. The van der Waals surface area contributed by atoms with Crippen LogP contribution in [0.15, 0.2) is 6.20 Å². The average molecular weight is 260 g/mol. The van der Waals surface area contributed by atoms with Gasteiger partial charge in [-0.25, -0.2) is 0 Å². The summed E-state index contributed by atoms with van der Waals surface area (Å²) in [7, 11) is 1.90. The number of nitrogens with zero attached hydrogens (tertiary/aromatic N) is 4. The van der Waals surface area contributed by atoms with Crippen LogP contribution in [-0.4, -0.2) is 39.0 Å². The minimum atomic E-state index is 0. The average Bonchev–Trinajstić information content (AvgIpc) is 2.64. The molecule has 2 unspecified atom stereocenters. The summed E-state index contributed by atoms with van der Waals surface area (Å²) in [5.41, 5.74) is 6.90. The van der Waals surface area contributed by atoms with Gasteiger partial charge in [-0.3, -0.25) is 9.58 Å². The first-order chi connectivity index (χ1) is 7.70. The standard InChI is InChI=1S/C11H21N5.ClH/c1-9-4-3-5-16(11(9)6-12)8-10-7-15(2)14-13-10;/h7,9,11H,3-6,8,12H2,1-2H3;1H. The van der Waals surface area contributed by atoms with Crippen molar-refractivity contribution in [3.63, 3.8) is 0 Å². The lowest BCUT2D eigenvalue weighted by Gasteiger charge is -2.38. The van der Waals surface area contributed by atoms with Crippen LogP contribution in [0.25, 0.3) is 0 Å². The van der Waals surface area contributed by atoms with Crippen LogP contribution in [0.4, 0.5) is 0 Å². The van der Waals surface area contributed by atoms with E-state index < -0.39 is 0 Å². The summed E-state index contributed by atoms with van der Waals surface area (Å²) in [5, 5.41) is 8.09. The predicted octanol–water partition coefficient (Wildman–Crippen LogP) is 0.796. The Morgan fingerprint density at radius 2 is 2.29 bits per heavy atom. The van der Waals surface area contributed by atoms with E-state index >= 15 is 0 Å². The molecule has 0 bridgehead atoms. The molecule has 1 fully saturated rings. The Bertz CT molecular complexity index is 340. The number of nitrogens with two attached hydrogens (primary N) is 1. The number of piperidine rings is 1. The van der Waals surface area contributed by atoms with Gasteiger partial charge in [0.25, 0.3) is 0 Å². The third kappa shape index (κ3) is 3.40. The highest BCUT2D eigenvalue weighted by atomic mass is 35.5. The fourth-order valence-electron chi connectivity index (χ4n) is 2.59. The zero-order valence-electron chi connectivity index (χ0n) is 10.5. The second kappa shape index (κ2) is 6.33. The summed E-state index contributed by atoms with van der Waals surface area (Å²) in [6.45, 7) is 5.03. The number of hydrogen-bond acceptors (Lipinski definition) is 4. The van der Waals surface area contributed by atoms with Gasteiger partial charge in [0.15, 0.2) is 0 Å². The molecule has 5 nitrogen and oxygen atoms in total. The molecule has 0 aromatic carbocycles. The molecule has 2 atom stereocenters. The molecule has 98 valence electrons. The van der Waals surface area contributed by atoms with E-state index in [0.717, 1.165) is 25.3 Å². The summed E-state index contributed by atoms with van der Waals surface area (Å²) in [6, 6.07) is 0.496. The quantitative estimate of drug-likeness (QED) is 0.872. The van der Waals surface area contributed by atoms with Gasteiger partial charge in [0, 0.05) is 32.4 Å². The Balaban J connectivity index is 0.00000144. The molecule has 0 saturated carbocycles. The smallest absolute Gasteiger partial charge is 0.0967 e. The van der Waals surface area contributed by atoms with E-state index in [-0.39, 0.29) is 12.4 Å². The van der Waals surface area contributed by atoms with E-state index in [1.54, 1.807) is 4.68 Å². The highest BCUT2D eigenvalue weighted by molar-refractivity contribution is 5.85. The van der Waals surface area contributed by atoms with Crippen molar-refractivity contribution in [3.05, 3.63) is 11.9 Å². The summed E-state index contributed by atoms with van der Waals surface area (Å²) in [4.78, 5) is 2.44. The number of likely N-dealkylation sites (tertiary alicyclic amines) is 1. The van der Waals surface area contributed by atoms with Crippen LogP contribution in [0.2, 0.25) is 0 Å². The minimum absolute atomic E-state index is 0. The lowest BCUT2D eigenvalue weighted by atomic mass is 9.91. The zero-order chi connectivity index (χ0) is 11.5. The maximum atomic E-state index is 5.86. The zero-order valence-corrected chi connectivity index (χ0v) is 11.4. The molecule has 0 radical (unpaired) electrons. The van der Waals surface area contributed by atoms with Crippen LogP contribution in [-0.2, 0) is 13.6 Å². The molecule has 2 heterocycles. The molecule has 2 rings (SSSR count). The lowest BCUT2D eigenvalue weighted by Crippen LogP contribution is -2.48. The fourth-order valence-corrected chi connectivity index (χ4v) is 2.59. The Labute approximate surface area is 109 Å². The van der Waals surface area contributed by atoms with E-state index in [4.69, 9.17) is 5.73 Å². The van der Waals surface area contributed by atoms with E-state index in [9.17, 15) is 0 Å². The van der Waals surface area contributed by atoms with Gasteiger partial charge in [0.2, 0.25) is 0 Å². The second-order valence-electron chi connectivity index (χ2n) is 4.78. The molecule has 1 aliphatic heterocycles. The van der Waals surface area contributed by atoms with E-state index in [1.165, 1.54) is 12.8 Å².